The highest BCUT2D eigenvalue weighted by atomic mass is 16.5. The number of ether oxygens (including phenoxy) is 1. The Bertz CT molecular complexity index is 282. The van der Waals surface area contributed by atoms with Gasteiger partial charge < -0.3 is 14.7 Å². The third kappa shape index (κ3) is 4.75. The molecule has 1 N–H and O–H groups in total. The molecule has 2 aliphatic rings. The van der Waals surface area contributed by atoms with Crippen LogP contribution in [0.1, 0.15) is 32.6 Å². The van der Waals surface area contributed by atoms with Crippen LogP contribution in [0.15, 0.2) is 0 Å². The zero-order valence-electron chi connectivity index (χ0n) is 11.9. The van der Waals surface area contributed by atoms with E-state index in [9.17, 15) is 9.90 Å². The Labute approximate surface area is 115 Å². The minimum absolute atomic E-state index is 0.257. The van der Waals surface area contributed by atoms with Gasteiger partial charge in [0.25, 0.3) is 0 Å². The van der Waals surface area contributed by atoms with Crippen LogP contribution in [0.25, 0.3) is 0 Å². The van der Waals surface area contributed by atoms with E-state index in [1.54, 1.807) is 6.92 Å². The van der Waals surface area contributed by atoms with Crippen molar-refractivity contribution in [2.45, 2.75) is 44.8 Å². The fourth-order valence-electron chi connectivity index (χ4n) is 2.87. The van der Waals surface area contributed by atoms with Gasteiger partial charge >= 0.3 is 0 Å². The van der Waals surface area contributed by atoms with Gasteiger partial charge in [-0.15, -0.1) is 0 Å². The normalized spacial score (nSPS) is 26.6. The fraction of sp³-hybridized carbons (Fsp3) is 0.929. The maximum absolute atomic E-state index is 12.1. The summed E-state index contributed by atoms with van der Waals surface area (Å²) < 4.78 is 5.54. The highest BCUT2D eigenvalue weighted by Crippen LogP contribution is 2.17. The van der Waals surface area contributed by atoms with Crippen molar-refractivity contribution >= 4 is 5.91 Å². The Morgan fingerprint density at radius 1 is 1.37 bits per heavy atom. The van der Waals surface area contributed by atoms with Crippen LogP contribution in [-0.4, -0.2) is 72.4 Å². The molecule has 0 aromatic rings. The maximum atomic E-state index is 12.1. The molecule has 0 bridgehead atoms. The van der Waals surface area contributed by atoms with Crippen LogP contribution in [0.4, 0.5) is 0 Å². The molecule has 110 valence electrons. The molecule has 5 nitrogen and oxygen atoms in total. The van der Waals surface area contributed by atoms with Crippen LogP contribution in [0.2, 0.25) is 0 Å². The summed E-state index contributed by atoms with van der Waals surface area (Å²) in [5.74, 6) is 0.257. The Morgan fingerprint density at radius 2 is 2.11 bits per heavy atom. The monoisotopic (exact) mass is 270 g/mol. The molecule has 2 fully saturated rings. The average molecular weight is 270 g/mol. The highest BCUT2D eigenvalue weighted by Gasteiger charge is 2.23. The Hall–Kier alpha value is -0.650. The molecule has 1 amide bonds. The van der Waals surface area contributed by atoms with Crippen LogP contribution in [0.3, 0.4) is 0 Å². The van der Waals surface area contributed by atoms with Crippen molar-refractivity contribution in [1.29, 1.82) is 0 Å². The molecule has 0 radical (unpaired) electrons. The van der Waals surface area contributed by atoms with Gasteiger partial charge in [-0.3, -0.25) is 9.69 Å². The number of piperazine rings is 1. The molecule has 2 saturated heterocycles. The first-order valence-corrected chi connectivity index (χ1v) is 7.45. The minimum atomic E-state index is -0.290. The molecule has 0 saturated carbocycles. The number of hydrogen-bond donors (Lipinski definition) is 1. The number of carbonyl (C=O) groups excluding carboxylic acids is 1. The molecule has 0 aromatic heterocycles. The number of aliphatic hydroxyl groups excluding tert-OH is 1. The zero-order valence-corrected chi connectivity index (χ0v) is 11.9. The smallest absolute Gasteiger partial charge is 0.222 e. The first kappa shape index (κ1) is 14.8. The molecule has 5 heteroatoms. The first-order valence-electron chi connectivity index (χ1n) is 7.45. The van der Waals surface area contributed by atoms with Crippen molar-refractivity contribution in [3.63, 3.8) is 0 Å². The Morgan fingerprint density at radius 3 is 2.68 bits per heavy atom. The van der Waals surface area contributed by atoms with Gasteiger partial charge in [0.1, 0.15) is 0 Å². The topological polar surface area (TPSA) is 53.0 Å². The van der Waals surface area contributed by atoms with Crippen molar-refractivity contribution in [1.82, 2.24) is 9.80 Å². The van der Waals surface area contributed by atoms with E-state index in [0.717, 1.165) is 52.0 Å². The van der Waals surface area contributed by atoms with Crippen LogP contribution >= 0.6 is 0 Å². The van der Waals surface area contributed by atoms with Gasteiger partial charge in [0.05, 0.1) is 12.2 Å². The van der Waals surface area contributed by atoms with Gasteiger partial charge in [-0.2, -0.15) is 0 Å². The van der Waals surface area contributed by atoms with Gasteiger partial charge in [-0.05, 0) is 26.2 Å². The van der Waals surface area contributed by atoms with Gasteiger partial charge in [0, 0.05) is 45.8 Å². The second-order valence-electron chi connectivity index (χ2n) is 5.70. The van der Waals surface area contributed by atoms with Crippen molar-refractivity contribution in [2.75, 3.05) is 39.3 Å². The third-order valence-electron chi connectivity index (χ3n) is 3.95. The lowest BCUT2D eigenvalue weighted by atomic mass is 10.1. The molecule has 2 heterocycles. The second kappa shape index (κ2) is 7.22. The molecule has 2 atom stereocenters. The van der Waals surface area contributed by atoms with Gasteiger partial charge in [0.15, 0.2) is 0 Å². The van der Waals surface area contributed by atoms with Crippen molar-refractivity contribution in [2.24, 2.45) is 0 Å². The molecule has 2 aliphatic heterocycles. The van der Waals surface area contributed by atoms with Crippen LogP contribution < -0.4 is 0 Å². The zero-order chi connectivity index (χ0) is 13.7. The van der Waals surface area contributed by atoms with Crippen LogP contribution in [0.5, 0.6) is 0 Å². The van der Waals surface area contributed by atoms with Crippen LogP contribution in [-0.2, 0) is 9.53 Å². The highest BCUT2D eigenvalue weighted by molar-refractivity contribution is 5.76. The van der Waals surface area contributed by atoms with Crippen molar-refractivity contribution < 1.29 is 14.6 Å². The first-order chi connectivity index (χ1) is 9.15. The molecular weight excluding hydrogens is 244 g/mol. The van der Waals surface area contributed by atoms with E-state index in [2.05, 4.69) is 4.90 Å². The molecule has 2 rings (SSSR count). The summed E-state index contributed by atoms with van der Waals surface area (Å²) in [7, 11) is 0. The second-order valence-corrected chi connectivity index (χ2v) is 5.70. The molecule has 0 aromatic carbocycles. The lowest BCUT2D eigenvalue weighted by molar-refractivity contribution is -0.133. The van der Waals surface area contributed by atoms with Crippen LogP contribution in [0, 0.1) is 0 Å². The SMILES string of the molecule is C[C@H](O)CN1CCN(C(=O)CC[C@H]2CCCO2)CC1. The van der Waals surface area contributed by atoms with Crippen molar-refractivity contribution in [3.05, 3.63) is 0 Å². The predicted octanol–water partition coefficient (Wildman–Crippen LogP) is 0.471. The quantitative estimate of drug-likeness (QED) is 0.789. The molecular formula is C14H26N2O3. The molecule has 0 spiro atoms. The molecule has 0 aliphatic carbocycles. The van der Waals surface area contributed by atoms with Crippen molar-refractivity contribution in [3.8, 4) is 0 Å². The third-order valence-corrected chi connectivity index (χ3v) is 3.95. The number of amides is 1. The number of β-amino-alcohol motifs (C(OH)–C–C–N with tert-alkyl or cyclic N) is 1. The Balaban J connectivity index is 1.64. The summed E-state index contributed by atoms with van der Waals surface area (Å²) in [5.41, 5.74) is 0. The average Bonchev–Trinajstić information content (AvgIpc) is 2.89. The number of rotatable bonds is 5. The summed E-state index contributed by atoms with van der Waals surface area (Å²) in [6.07, 6.45) is 3.74. The van der Waals surface area contributed by atoms with E-state index in [4.69, 9.17) is 4.74 Å². The van der Waals surface area contributed by atoms with E-state index in [-0.39, 0.29) is 12.0 Å². The molecule has 0 unspecified atom stereocenters. The number of nitrogens with zero attached hydrogens (tertiary/aromatic N) is 2. The molecule has 19 heavy (non-hydrogen) atoms. The lowest BCUT2D eigenvalue weighted by Gasteiger charge is -2.35. The van der Waals surface area contributed by atoms with Gasteiger partial charge in [0.2, 0.25) is 5.91 Å². The summed E-state index contributed by atoms with van der Waals surface area (Å²) in [4.78, 5) is 16.3. The summed E-state index contributed by atoms with van der Waals surface area (Å²) in [5, 5.41) is 9.35. The number of carbonyl (C=O) groups is 1. The van der Waals surface area contributed by atoms with E-state index in [0.29, 0.717) is 19.1 Å². The fourth-order valence-corrected chi connectivity index (χ4v) is 2.87. The minimum Gasteiger partial charge on any atom is -0.392 e. The van der Waals surface area contributed by atoms with Gasteiger partial charge in [-0.1, -0.05) is 0 Å². The van der Waals surface area contributed by atoms with E-state index in [1.807, 2.05) is 4.90 Å². The van der Waals surface area contributed by atoms with Gasteiger partial charge in [-0.25, -0.2) is 0 Å². The number of hydrogen-bond acceptors (Lipinski definition) is 4. The van der Waals surface area contributed by atoms with E-state index < -0.39 is 0 Å². The summed E-state index contributed by atoms with van der Waals surface area (Å²) in [6, 6.07) is 0. The van der Waals surface area contributed by atoms with E-state index >= 15 is 0 Å². The predicted molar refractivity (Wildman–Crippen MR) is 72.9 cm³/mol. The maximum Gasteiger partial charge on any atom is 0.222 e. The van der Waals surface area contributed by atoms with E-state index in [1.165, 1.54) is 0 Å². The Kier molecular flexibility index (Phi) is 5.60. The number of aliphatic hydroxyl groups is 1. The standard InChI is InChI=1S/C14H26N2O3/c1-12(17)11-15-6-8-16(9-7-15)14(18)5-4-13-3-2-10-19-13/h12-13,17H,2-11H2,1H3/t12-,13+/m0/s1. The largest absolute Gasteiger partial charge is 0.392 e. The summed E-state index contributed by atoms with van der Waals surface area (Å²) in [6.45, 7) is 6.69. The lowest BCUT2D eigenvalue weighted by Crippen LogP contribution is -2.50. The summed E-state index contributed by atoms with van der Waals surface area (Å²) >= 11 is 0.